The number of carbonyl (C=O) groups is 5. The molecule has 0 unspecified atom stereocenters. The van der Waals surface area contributed by atoms with Crippen molar-refractivity contribution in [1.82, 2.24) is 0 Å². The number of carboxylic acids is 1. The number of ether oxygens (including phenoxy) is 11. The van der Waals surface area contributed by atoms with Gasteiger partial charge in [-0.2, -0.15) is 0 Å². The molecule has 5 aliphatic carbocycles. The topological polar surface area (TPSA) is 430 Å². The van der Waals surface area contributed by atoms with E-state index < -0.39 is 230 Å². The summed E-state index contributed by atoms with van der Waals surface area (Å²) in [6, 6.07) is 0. The number of aliphatic hydroxyl groups is 11. The van der Waals surface area contributed by atoms with Crippen molar-refractivity contribution < 1.29 is 137 Å². The molecule has 0 radical (unpaired) electrons. The van der Waals surface area contributed by atoms with Crippen molar-refractivity contribution in [2.24, 2.45) is 56.2 Å². The number of aldehydes is 1. The van der Waals surface area contributed by atoms with Gasteiger partial charge in [-0.15, -0.1) is 0 Å². The molecule has 4 aliphatic heterocycles. The Morgan fingerprint density at radius 1 is 0.640 bits per heavy atom. The number of hydrogen-bond donors (Lipinski definition) is 12. The molecule has 0 aromatic rings. The Hall–Kier alpha value is -3.47. The molecule has 9 rings (SSSR count). The molecule has 8 fully saturated rings. The first kappa shape index (κ1) is 69.9. The van der Waals surface area contributed by atoms with Crippen LogP contribution in [-0.4, -0.2) is 253 Å². The fraction of sp³-hybridized carbons (Fsp3) is 0.885. The monoisotopic (exact) mass is 1270 g/mol. The zero-order valence-electron chi connectivity index (χ0n) is 52.0. The van der Waals surface area contributed by atoms with E-state index in [1.807, 2.05) is 27.7 Å². The molecular weight excluding hydrogens is 1180 g/mol. The van der Waals surface area contributed by atoms with E-state index in [2.05, 4.69) is 26.8 Å². The van der Waals surface area contributed by atoms with Crippen molar-refractivity contribution in [3.63, 3.8) is 0 Å². The zero-order chi connectivity index (χ0) is 65.6. The van der Waals surface area contributed by atoms with Crippen LogP contribution in [0.1, 0.15) is 121 Å². The number of fused-ring (bicyclic) bond motifs is 7. The molecule has 12 N–H and O–H groups in total. The molecule has 28 nitrogen and oxygen atoms in total. The first-order chi connectivity index (χ1) is 41.6. The Kier molecular flexibility index (Phi) is 20.4. The predicted octanol–water partition coefficient (Wildman–Crippen LogP) is -1.36. The quantitative estimate of drug-likeness (QED) is 0.0263. The van der Waals surface area contributed by atoms with Gasteiger partial charge in [-0.25, -0.2) is 4.79 Å². The molecule has 0 aromatic heterocycles. The molecule has 0 spiro atoms. The lowest BCUT2D eigenvalue weighted by Gasteiger charge is -2.72. The minimum atomic E-state index is -2.29. The Morgan fingerprint density at radius 3 is 1.87 bits per heavy atom. The van der Waals surface area contributed by atoms with Gasteiger partial charge in [0.2, 0.25) is 0 Å². The number of rotatable bonds is 17. The third kappa shape index (κ3) is 12.1. The molecule has 0 amide bonds. The molecule has 4 heterocycles. The van der Waals surface area contributed by atoms with Gasteiger partial charge in [0.1, 0.15) is 97.8 Å². The third-order valence-electron chi connectivity index (χ3n) is 22.3. The maximum absolute atomic E-state index is 14.3. The van der Waals surface area contributed by atoms with Gasteiger partial charge in [0.15, 0.2) is 37.4 Å². The standard InChI is InChI=1S/C61H94O28/c1-25(2)17-37(69)85-49-50(82-27(4)66)61(24-64)29(18-56(49,5)6)28-11-12-34-57(7)15-14-35(58(8,23-63)33(57)13-16-59(34,9)60(28,10)19-36(61)81-26(3)65)84-55-48(89-53-43(75)41(73)40(72)32(20-62)83-53)45(44(76)46(87-55)51(77)78)86-54-47(39(71)31(68)22-80-54)88-52-42(74)38(70)30(67)21-79-52/h11,23,25,29-36,38-50,52-55,62,64,67-68,70-76H,12-22,24H2,1-10H3,(H,77,78)/t29-,30+,31-,32+,33+,34+,35-,36+,38-,39-,40-,41-,42+,43+,44-,45-,46-,47+,48+,49-,50-,52-,53-,54-,55+,57-,58-,59+,60+,61-/m0/s1. The van der Waals surface area contributed by atoms with Crippen molar-refractivity contribution in [2.75, 3.05) is 26.4 Å². The van der Waals surface area contributed by atoms with Crippen molar-refractivity contribution in [3.05, 3.63) is 11.6 Å². The van der Waals surface area contributed by atoms with E-state index in [-0.39, 0.29) is 31.1 Å². The Labute approximate surface area is 515 Å². The van der Waals surface area contributed by atoms with Gasteiger partial charge in [0.05, 0.1) is 43.4 Å². The van der Waals surface area contributed by atoms with Crippen LogP contribution in [0.15, 0.2) is 11.6 Å². The summed E-state index contributed by atoms with van der Waals surface area (Å²) in [4.78, 5) is 67.6. The summed E-state index contributed by atoms with van der Waals surface area (Å²) < 4.78 is 67.1. The summed E-state index contributed by atoms with van der Waals surface area (Å²) in [5, 5.41) is 131. The minimum absolute atomic E-state index is 0.0551. The smallest absolute Gasteiger partial charge is 0.335 e. The highest BCUT2D eigenvalue weighted by Crippen LogP contribution is 2.76. The van der Waals surface area contributed by atoms with E-state index in [0.717, 1.165) is 11.9 Å². The fourth-order valence-electron chi connectivity index (χ4n) is 17.5. The SMILES string of the molecule is CC(=O)O[C@@H]1C[C@]2(C)C(=CC[C@@H]3[C@@]4(C)CC[C@H](O[C@@H]5O[C@H](C(=O)O)[C@@H](O)[C@H](O[C@@H]6OC[C@H](O)[C@H](O)[C@H]6O[C@@H]6OC[C@@H](O)[C@H](O)[C@H]6O)[C@H]5O[C@@H]5O[C@H](CO)[C@H](O)[C@H](O)[C@H]5O)[C@@](C)(C=O)[C@@H]4CC[C@]32C)[C@@H]2CC(C)(C)[C@@H](OC(=O)CC(C)C)[C@H](OC(C)=O)[C@]12CO. The second-order valence-electron chi connectivity index (χ2n) is 28.6. The number of carboxylic acid groups (broad SMARTS) is 1. The number of allylic oxidation sites excluding steroid dienone is 2. The largest absolute Gasteiger partial charge is 0.479 e. The van der Waals surface area contributed by atoms with E-state index in [9.17, 15) is 85.3 Å². The molecule has 28 heteroatoms. The maximum Gasteiger partial charge on any atom is 0.335 e. The van der Waals surface area contributed by atoms with Gasteiger partial charge in [-0.1, -0.05) is 67.0 Å². The van der Waals surface area contributed by atoms with Crippen LogP contribution in [-0.2, 0) is 76.1 Å². The van der Waals surface area contributed by atoms with Gasteiger partial charge < -0.3 is 118 Å². The molecule has 9 aliphatic rings. The molecule has 4 saturated heterocycles. The number of aliphatic hydroxyl groups excluding tert-OH is 11. The van der Waals surface area contributed by atoms with Crippen LogP contribution in [0.2, 0.25) is 0 Å². The average Bonchev–Trinajstić information content (AvgIpc) is 0.864. The van der Waals surface area contributed by atoms with Gasteiger partial charge >= 0.3 is 23.9 Å². The summed E-state index contributed by atoms with van der Waals surface area (Å²) in [5.41, 5.74) is -4.87. The molecule has 506 valence electrons. The Balaban J connectivity index is 1.07. The number of hydrogen-bond acceptors (Lipinski definition) is 27. The summed E-state index contributed by atoms with van der Waals surface area (Å²) in [5.74, 6) is -4.89. The number of carbonyl (C=O) groups excluding carboxylic acids is 4. The van der Waals surface area contributed by atoms with Crippen LogP contribution < -0.4 is 0 Å². The Bertz CT molecular complexity index is 2600. The molecule has 89 heavy (non-hydrogen) atoms. The van der Waals surface area contributed by atoms with Gasteiger partial charge in [0, 0.05) is 25.7 Å². The van der Waals surface area contributed by atoms with Gasteiger partial charge in [-0.3, -0.25) is 14.4 Å². The number of aliphatic carboxylic acids is 1. The second-order valence-corrected chi connectivity index (χ2v) is 28.6. The first-order valence-electron chi connectivity index (χ1n) is 31.0. The van der Waals surface area contributed by atoms with Gasteiger partial charge in [0.25, 0.3) is 0 Å². The van der Waals surface area contributed by atoms with Crippen molar-refractivity contribution in [3.8, 4) is 0 Å². The molecule has 0 aromatic carbocycles. The zero-order valence-corrected chi connectivity index (χ0v) is 52.0. The van der Waals surface area contributed by atoms with Crippen LogP contribution in [0.25, 0.3) is 0 Å². The van der Waals surface area contributed by atoms with Crippen LogP contribution in [0.5, 0.6) is 0 Å². The minimum Gasteiger partial charge on any atom is -0.479 e. The molecule has 4 saturated carbocycles. The van der Waals surface area contributed by atoms with E-state index in [1.165, 1.54) is 13.8 Å². The van der Waals surface area contributed by atoms with E-state index in [0.29, 0.717) is 32.1 Å². The van der Waals surface area contributed by atoms with E-state index in [1.54, 1.807) is 6.92 Å². The first-order valence-corrected chi connectivity index (χ1v) is 31.0. The van der Waals surface area contributed by atoms with Crippen molar-refractivity contribution in [2.45, 2.75) is 256 Å². The molecular formula is C61H94O28. The maximum atomic E-state index is 14.3. The Morgan fingerprint density at radius 2 is 1.26 bits per heavy atom. The van der Waals surface area contributed by atoms with E-state index >= 15 is 0 Å². The van der Waals surface area contributed by atoms with Crippen molar-refractivity contribution in [1.29, 1.82) is 0 Å². The van der Waals surface area contributed by atoms with Crippen LogP contribution in [0.4, 0.5) is 0 Å². The van der Waals surface area contributed by atoms with Crippen LogP contribution >= 0.6 is 0 Å². The predicted molar refractivity (Wildman–Crippen MR) is 298 cm³/mol. The number of esters is 3. The van der Waals surface area contributed by atoms with Crippen LogP contribution in [0, 0.1) is 56.2 Å². The normalized spacial score (nSPS) is 49.6. The lowest BCUT2D eigenvalue weighted by molar-refractivity contribution is -0.398. The summed E-state index contributed by atoms with van der Waals surface area (Å²) in [6.45, 7) is 15.6. The average molecular weight is 1280 g/mol. The molecule has 0 bridgehead atoms. The fourth-order valence-corrected chi connectivity index (χ4v) is 17.5. The lowest BCUT2D eigenvalue weighted by Crippen LogP contribution is -2.73. The lowest BCUT2D eigenvalue weighted by atomic mass is 9.33. The summed E-state index contributed by atoms with van der Waals surface area (Å²) >= 11 is 0. The van der Waals surface area contributed by atoms with Gasteiger partial charge in [-0.05, 0) is 84.9 Å². The van der Waals surface area contributed by atoms with E-state index in [4.69, 9.17) is 52.1 Å². The summed E-state index contributed by atoms with van der Waals surface area (Å²) in [7, 11) is 0. The highest BCUT2D eigenvalue weighted by molar-refractivity contribution is 5.73. The van der Waals surface area contributed by atoms with Crippen LogP contribution in [0.3, 0.4) is 0 Å². The van der Waals surface area contributed by atoms with Crippen molar-refractivity contribution >= 4 is 30.2 Å². The molecule has 30 atom stereocenters. The second kappa shape index (κ2) is 26.0. The highest BCUT2D eigenvalue weighted by atomic mass is 16.8. The third-order valence-corrected chi connectivity index (χ3v) is 22.3. The highest BCUT2D eigenvalue weighted by Gasteiger charge is 2.75. The summed E-state index contributed by atoms with van der Waals surface area (Å²) in [6.07, 6.45) is -33.9.